The number of hydrogen-bond donors (Lipinski definition) is 2. The molecule has 3 heteroatoms. The van der Waals surface area contributed by atoms with Crippen LogP contribution in [-0.2, 0) is 4.79 Å². The Morgan fingerprint density at radius 1 is 1.62 bits per heavy atom. The van der Waals surface area contributed by atoms with Crippen molar-refractivity contribution in [2.24, 2.45) is 0 Å². The highest BCUT2D eigenvalue weighted by atomic mass is 16.1. The predicted molar refractivity (Wildman–Crippen MR) is 31.7 cm³/mol. The molecule has 0 aromatic carbocycles. The van der Waals surface area contributed by atoms with E-state index in [-0.39, 0.29) is 0 Å². The number of nitrogens with one attached hydrogen (secondary N) is 2. The predicted octanol–water partition coefficient (Wildman–Crippen LogP) is -2.12. The van der Waals surface area contributed by atoms with Gasteiger partial charge in [0.2, 0.25) is 6.41 Å². The Bertz CT molecular complexity index is 63.4. The van der Waals surface area contributed by atoms with Gasteiger partial charge in [0.1, 0.15) is 0 Å². The maximum absolute atomic E-state index is 9.67. The highest BCUT2D eigenvalue weighted by Crippen LogP contribution is 1.41. The van der Waals surface area contributed by atoms with Crippen molar-refractivity contribution in [3.8, 4) is 0 Å². The average Bonchev–Trinajstić information content (AvgIpc) is 1.66. The number of carbonyl (C=O) groups is 1. The molecule has 0 unspecified atom stereocenters. The van der Waals surface area contributed by atoms with Crippen LogP contribution in [0.1, 0.15) is 0 Å². The van der Waals surface area contributed by atoms with Gasteiger partial charge in [-0.05, 0) is 0 Å². The summed E-state index contributed by atoms with van der Waals surface area (Å²) in [6.07, 6.45) is 0.725. The van der Waals surface area contributed by atoms with Gasteiger partial charge in [0.25, 0.3) is 0 Å². The SMILES string of the molecule is C[NH+](C)CCNC=O. The summed E-state index contributed by atoms with van der Waals surface area (Å²) < 4.78 is 0. The molecule has 0 radical (unpaired) electrons. The zero-order valence-electron chi connectivity index (χ0n) is 5.40. The summed E-state index contributed by atoms with van der Waals surface area (Å²) in [6, 6.07) is 0. The molecule has 0 bridgehead atoms. The van der Waals surface area contributed by atoms with E-state index in [0.717, 1.165) is 19.5 Å². The van der Waals surface area contributed by atoms with Crippen molar-refractivity contribution < 1.29 is 9.69 Å². The molecule has 0 saturated carbocycles. The second kappa shape index (κ2) is 4.59. The molecule has 1 amide bonds. The van der Waals surface area contributed by atoms with Crippen molar-refractivity contribution >= 4 is 6.41 Å². The van der Waals surface area contributed by atoms with Crippen LogP contribution in [0.25, 0.3) is 0 Å². The van der Waals surface area contributed by atoms with Crippen LogP contribution in [0.3, 0.4) is 0 Å². The Kier molecular flexibility index (Phi) is 4.26. The highest BCUT2D eigenvalue weighted by molar-refractivity contribution is 5.45. The van der Waals surface area contributed by atoms with Gasteiger partial charge in [-0.2, -0.15) is 0 Å². The molecule has 0 aliphatic rings. The first-order chi connectivity index (χ1) is 3.77. The number of amides is 1. The summed E-state index contributed by atoms with van der Waals surface area (Å²) in [6.45, 7) is 1.75. The molecule has 2 N–H and O–H groups in total. The van der Waals surface area contributed by atoms with Crippen LogP contribution in [0.5, 0.6) is 0 Å². The Balaban J connectivity index is 2.81. The van der Waals surface area contributed by atoms with E-state index < -0.39 is 0 Å². The zero-order valence-corrected chi connectivity index (χ0v) is 5.40. The smallest absolute Gasteiger partial charge is 0.207 e. The van der Waals surface area contributed by atoms with Gasteiger partial charge in [0.15, 0.2) is 0 Å². The van der Waals surface area contributed by atoms with Crippen LogP contribution in [0.4, 0.5) is 0 Å². The number of quaternary nitrogens is 1. The standard InChI is InChI=1S/C5H12N2O/c1-7(2)4-3-6-5-8/h5H,3-4H2,1-2H3,(H,6,8)/p+1. The fourth-order valence-corrected chi connectivity index (χ4v) is 0.381. The van der Waals surface area contributed by atoms with Crippen molar-refractivity contribution in [1.29, 1.82) is 0 Å². The third kappa shape index (κ3) is 5.43. The van der Waals surface area contributed by atoms with Gasteiger partial charge in [-0.15, -0.1) is 0 Å². The van der Waals surface area contributed by atoms with Crippen molar-refractivity contribution in [3.05, 3.63) is 0 Å². The molecule has 0 rings (SSSR count). The van der Waals surface area contributed by atoms with Gasteiger partial charge in [0, 0.05) is 0 Å². The first-order valence-corrected chi connectivity index (χ1v) is 2.73. The normalized spacial score (nSPS) is 9.38. The number of carbonyl (C=O) groups excluding carboxylic acids is 1. The Hall–Kier alpha value is -0.570. The molecule has 0 aromatic heterocycles. The molecule has 0 atom stereocenters. The molecule has 0 aliphatic heterocycles. The lowest BCUT2D eigenvalue weighted by atomic mass is 10.6. The number of likely N-dealkylation sites (N-methyl/N-ethyl adjacent to an activating group) is 1. The van der Waals surface area contributed by atoms with Gasteiger partial charge in [-0.25, -0.2) is 0 Å². The summed E-state index contributed by atoms with van der Waals surface area (Å²) in [5.74, 6) is 0. The minimum absolute atomic E-state index is 0.725. The van der Waals surface area contributed by atoms with Crippen LogP contribution >= 0.6 is 0 Å². The number of rotatable bonds is 4. The van der Waals surface area contributed by atoms with Crippen molar-refractivity contribution in [2.75, 3.05) is 27.2 Å². The molecule has 8 heavy (non-hydrogen) atoms. The van der Waals surface area contributed by atoms with Crippen molar-refractivity contribution in [1.82, 2.24) is 5.32 Å². The largest absolute Gasteiger partial charge is 0.353 e. The average molecular weight is 117 g/mol. The molecule has 48 valence electrons. The van der Waals surface area contributed by atoms with E-state index in [0.29, 0.717) is 0 Å². The van der Waals surface area contributed by atoms with Crippen LogP contribution in [-0.4, -0.2) is 33.6 Å². The summed E-state index contributed by atoms with van der Waals surface area (Å²) in [5.41, 5.74) is 0. The first-order valence-electron chi connectivity index (χ1n) is 2.73. The Labute approximate surface area is 49.7 Å². The summed E-state index contributed by atoms with van der Waals surface area (Å²) in [5, 5.41) is 2.58. The van der Waals surface area contributed by atoms with E-state index in [1.807, 2.05) is 14.1 Å². The lowest BCUT2D eigenvalue weighted by molar-refractivity contribution is -0.856. The molecular weight excluding hydrogens is 104 g/mol. The molecule has 0 heterocycles. The second-order valence-corrected chi connectivity index (χ2v) is 2.03. The summed E-state index contributed by atoms with van der Waals surface area (Å²) >= 11 is 0. The van der Waals surface area contributed by atoms with E-state index in [4.69, 9.17) is 0 Å². The molecule has 0 aliphatic carbocycles. The minimum atomic E-state index is 0.725. The third-order valence-electron chi connectivity index (χ3n) is 0.853. The van der Waals surface area contributed by atoms with E-state index in [2.05, 4.69) is 5.32 Å². The molecule has 0 spiro atoms. The molecule has 0 fully saturated rings. The third-order valence-corrected chi connectivity index (χ3v) is 0.853. The van der Waals surface area contributed by atoms with Gasteiger partial charge in [-0.3, -0.25) is 4.79 Å². The van der Waals surface area contributed by atoms with E-state index in [1.54, 1.807) is 0 Å². The van der Waals surface area contributed by atoms with E-state index >= 15 is 0 Å². The minimum Gasteiger partial charge on any atom is -0.353 e. The van der Waals surface area contributed by atoms with E-state index in [1.165, 1.54) is 4.90 Å². The lowest BCUT2D eigenvalue weighted by Gasteiger charge is -2.04. The van der Waals surface area contributed by atoms with Gasteiger partial charge < -0.3 is 10.2 Å². The van der Waals surface area contributed by atoms with Crippen LogP contribution < -0.4 is 10.2 Å². The Morgan fingerprint density at radius 3 is 2.62 bits per heavy atom. The molecule has 3 nitrogen and oxygen atoms in total. The molecule has 0 aromatic rings. The van der Waals surface area contributed by atoms with Crippen molar-refractivity contribution in [2.45, 2.75) is 0 Å². The van der Waals surface area contributed by atoms with Crippen molar-refractivity contribution in [3.63, 3.8) is 0 Å². The molecular formula is C5H13N2O+. The maximum atomic E-state index is 9.67. The fraction of sp³-hybridized carbons (Fsp3) is 0.800. The zero-order chi connectivity index (χ0) is 6.41. The van der Waals surface area contributed by atoms with Gasteiger partial charge >= 0.3 is 0 Å². The first kappa shape index (κ1) is 7.43. The summed E-state index contributed by atoms with van der Waals surface area (Å²) in [4.78, 5) is 11.0. The van der Waals surface area contributed by atoms with Gasteiger partial charge in [-0.1, -0.05) is 0 Å². The fourth-order valence-electron chi connectivity index (χ4n) is 0.381. The van der Waals surface area contributed by atoms with Crippen LogP contribution in [0.2, 0.25) is 0 Å². The van der Waals surface area contributed by atoms with E-state index in [9.17, 15) is 4.79 Å². The Morgan fingerprint density at radius 2 is 2.25 bits per heavy atom. The lowest BCUT2D eigenvalue weighted by Crippen LogP contribution is -3.06. The molecule has 0 saturated heterocycles. The highest BCUT2D eigenvalue weighted by Gasteiger charge is 1.88. The summed E-state index contributed by atoms with van der Waals surface area (Å²) in [7, 11) is 4.10. The topological polar surface area (TPSA) is 33.5 Å². The quantitative estimate of drug-likeness (QED) is 0.320. The van der Waals surface area contributed by atoms with Crippen LogP contribution in [0, 0.1) is 0 Å². The second-order valence-electron chi connectivity index (χ2n) is 2.03. The van der Waals surface area contributed by atoms with Crippen LogP contribution in [0.15, 0.2) is 0 Å². The maximum Gasteiger partial charge on any atom is 0.207 e. The number of hydrogen-bond acceptors (Lipinski definition) is 1. The van der Waals surface area contributed by atoms with Gasteiger partial charge in [0.05, 0.1) is 27.2 Å². The monoisotopic (exact) mass is 117 g/mol.